The monoisotopic (exact) mass is 230 g/mol. The van der Waals surface area contributed by atoms with Crippen LogP contribution in [0.2, 0.25) is 0 Å². The molecule has 6 nitrogen and oxygen atoms in total. The molecule has 15 heavy (non-hydrogen) atoms. The molecule has 0 amide bonds. The molecule has 1 aromatic rings. The van der Waals surface area contributed by atoms with Gasteiger partial charge in [0.05, 0.1) is 11.9 Å². The number of nitrogens with one attached hydrogen (secondary N) is 2. The van der Waals surface area contributed by atoms with Crippen LogP contribution in [0.5, 0.6) is 0 Å². The number of hydrogen-bond acceptors (Lipinski definition) is 5. The van der Waals surface area contributed by atoms with Gasteiger partial charge in [-0.1, -0.05) is 0 Å². The van der Waals surface area contributed by atoms with Gasteiger partial charge in [-0.05, 0) is 19.1 Å². The van der Waals surface area contributed by atoms with E-state index >= 15 is 0 Å². The van der Waals surface area contributed by atoms with E-state index in [0.717, 1.165) is 11.9 Å². The summed E-state index contributed by atoms with van der Waals surface area (Å²) in [5.41, 5.74) is 0.842. The Kier molecular flexibility index (Phi) is 3.98. The van der Waals surface area contributed by atoms with Crippen LogP contribution in [0.1, 0.15) is 5.69 Å². The zero-order chi connectivity index (χ0) is 11.3. The largest absolute Gasteiger partial charge is 0.367 e. The van der Waals surface area contributed by atoms with Crippen LogP contribution < -0.4 is 10.0 Å². The smallest absolute Gasteiger partial charge is 0.208 e. The second-order valence-corrected chi connectivity index (χ2v) is 4.99. The van der Waals surface area contributed by atoms with Crippen molar-refractivity contribution in [3.05, 3.63) is 17.8 Å². The van der Waals surface area contributed by atoms with E-state index in [1.807, 2.05) is 13.0 Å². The molecule has 0 aliphatic heterocycles. The highest BCUT2D eigenvalue weighted by molar-refractivity contribution is 7.88. The molecule has 0 saturated heterocycles. The molecule has 0 aliphatic carbocycles. The number of hydrogen-bond donors (Lipinski definition) is 2. The Morgan fingerprint density at radius 2 is 2.00 bits per heavy atom. The number of nitrogens with zero attached hydrogens (tertiary/aromatic N) is 2. The lowest BCUT2D eigenvalue weighted by molar-refractivity contribution is 0.589. The zero-order valence-electron chi connectivity index (χ0n) is 8.69. The van der Waals surface area contributed by atoms with Crippen LogP contribution in [0.4, 0.5) is 5.82 Å². The minimum Gasteiger partial charge on any atom is -0.367 e. The molecule has 0 bridgehead atoms. The molecule has 1 heterocycles. The molecule has 2 N–H and O–H groups in total. The predicted octanol–water partition coefficient (Wildman–Crippen LogP) is -0.254. The van der Waals surface area contributed by atoms with Crippen molar-refractivity contribution in [3.63, 3.8) is 0 Å². The molecular formula is C8H14N4O2S. The summed E-state index contributed by atoms with van der Waals surface area (Å²) in [6, 6.07) is 3.63. The molecule has 84 valence electrons. The van der Waals surface area contributed by atoms with Crippen molar-refractivity contribution in [2.24, 2.45) is 0 Å². The van der Waals surface area contributed by atoms with Crippen molar-refractivity contribution in [2.75, 3.05) is 24.7 Å². The van der Waals surface area contributed by atoms with Gasteiger partial charge >= 0.3 is 0 Å². The summed E-state index contributed by atoms with van der Waals surface area (Å²) in [7, 11) is -3.11. The average Bonchev–Trinajstić information content (AvgIpc) is 2.14. The molecule has 0 spiro atoms. The van der Waals surface area contributed by atoms with E-state index in [-0.39, 0.29) is 0 Å². The molecule has 1 rings (SSSR count). The fraction of sp³-hybridized carbons (Fsp3) is 0.500. The van der Waals surface area contributed by atoms with Gasteiger partial charge in [-0.2, -0.15) is 5.10 Å². The van der Waals surface area contributed by atoms with Crippen molar-refractivity contribution in [2.45, 2.75) is 6.92 Å². The summed E-state index contributed by atoms with van der Waals surface area (Å²) in [5.74, 6) is 0.635. The first-order valence-corrected chi connectivity index (χ1v) is 6.35. The van der Waals surface area contributed by atoms with E-state index in [2.05, 4.69) is 20.2 Å². The summed E-state index contributed by atoms with van der Waals surface area (Å²) in [6.07, 6.45) is 1.12. The number of sulfonamides is 1. The summed E-state index contributed by atoms with van der Waals surface area (Å²) >= 11 is 0. The van der Waals surface area contributed by atoms with Gasteiger partial charge in [0.1, 0.15) is 5.82 Å². The lowest BCUT2D eigenvalue weighted by Crippen LogP contribution is -2.27. The normalized spacial score (nSPS) is 11.3. The van der Waals surface area contributed by atoms with Gasteiger partial charge in [0.2, 0.25) is 10.0 Å². The SMILES string of the molecule is Cc1ccc(NCCNS(C)(=O)=O)nn1. The van der Waals surface area contributed by atoms with Crippen molar-refractivity contribution in [1.29, 1.82) is 0 Å². The first-order chi connectivity index (χ1) is 6.97. The maximum absolute atomic E-state index is 10.7. The van der Waals surface area contributed by atoms with Crippen LogP contribution in [0.3, 0.4) is 0 Å². The Morgan fingerprint density at radius 1 is 1.27 bits per heavy atom. The second-order valence-electron chi connectivity index (χ2n) is 3.15. The Bertz CT molecular complexity index is 401. The molecule has 0 unspecified atom stereocenters. The van der Waals surface area contributed by atoms with Gasteiger partial charge in [0.25, 0.3) is 0 Å². The lowest BCUT2D eigenvalue weighted by Gasteiger charge is -2.04. The van der Waals surface area contributed by atoms with Crippen LogP contribution in [0.15, 0.2) is 12.1 Å². The third-order valence-electron chi connectivity index (χ3n) is 1.59. The predicted molar refractivity (Wildman–Crippen MR) is 58.1 cm³/mol. The van der Waals surface area contributed by atoms with Gasteiger partial charge in [-0.25, -0.2) is 13.1 Å². The summed E-state index contributed by atoms with van der Waals surface area (Å²) < 4.78 is 23.8. The average molecular weight is 230 g/mol. The lowest BCUT2D eigenvalue weighted by atomic mass is 10.4. The molecule has 0 saturated carbocycles. The third kappa shape index (κ3) is 5.28. The van der Waals surface area contributed by atoms with Gasteiger partial charge < -0.3 is 5.32 Å². The number of aryl methyl sites for hydroxylation is 1. The van der Waals surface area contributed by atoms with Crippen molar-refractivity contribution < 1.29 is 8.42 Å². The van der Waals surface area contributed by atoms with Crippen LogP contribution >= 0.6 is 0 Å². The standard InChI is InChI=1S/C8H14N4O2S/c1-7-3-4-8(12-11-7)9-5-6-10-15(2,13)14/h3-4,10H,5-6H2,1-2H3,(H,9,12). The minimum absolute atomic E-state index is 0.328. The van der Waals surface area contributed by atoms with Crippen molar-refractivity contribution >= 4 is 15.8 Å². The zero-order valence-corrected chi connectivity index (χ0v) is 9.50. The van der Waals surface area contributed by atoms with Crippen LogP contribution in [-0.2, 0) is 10.0 Å². The number of rotatable bonds is 5. The van der Waals surface area contributed by atoms with Crippen LogP contribution in [0.25, 0.3) is 0 Å². The molecule has 0 fully saturated rings. The summed E-state index contributed by atoms with van der Waals surface area (Å²) in [4.78, 5) is 0. The van der Waals surface area contributed by atoms with Gasteiger partial charge in [-0.15, -0.1) is 5.10 Å². The van der Waals surface area contributed by atoms with Gasteiger partial charge in [0, 0.05) is 13.1 Å². The van der Waals surface area contributed by atoms with E-state index in [1.165, 1.54) is 0 Å². The molecule has 0 atom stereocenters. The summed E-state index contributed by atoms with van der Waals surface area (Å²) in [5, 5.41) is 10.7. The van der Waals surface area contributed by atoms with Crippen molar-refractivity contribution in [1.82, 2.24) is 14.9 Å². The quantitative estimate of drug-likeness (QED) is 0.681. The Labute approximate surface area is 89.2 Å². The fourth-order valence-electron chi connectivity index (χ4n) is 0.920. The Morgan fingerprint density at radius 3 is 2.53 bits per heavy atom. The molecule has 7 heteroatoms. The first-order valence-electron chi connectivity index (χ1n) is 4.46. The highest BCUT2D eigenvalue weighted by Gasteiger charge is 1.99. The minimum atomic E-state index is -3.11. The van der Waals surface area contributed by atoms with E-state index in [1.54, 1.807) is 6.07 Å². The van der Waals surface area contributed by atoms with E-state index in [0.29, 0.717) is 18.9 Å². The molecular weight excluding hydrogens is 216 g/mol. The maximum atomic E-state index is 10.7. The van der Waals surface area contributed by atoms with E-state index in [9.17, 15) is 8.42 Å². The first kappa shape index (κ1) is 11.9. The van der Waals surface area contributed by atoms with Crippen molar-refractivity contribution in [3.8, 4) is 0 Å². The Balaban J connectivity index is 2.29. The van der Waals surface area contributed by atoms with Gasteiger partial charge in [0.15, 0.2) is 0 Å². The topological polar surface area (TPSA) is 84.0 Å². The fourth-order valence-corrected chi connectivity index (χ4v) is 1.39. The molecule has 1 aromatic heterocycles. The summed E-state index contributed by atoms with van der Waals surface area (Å²) in [6.45, 7) is 2.65. The number of aromatic nitrogens is 2. The van der Waals surface area contributed by atoms with E-state index < -0.39 is 10.0 Å². The van der Waals surface area contributed by atoms with E-state index in [4.69, 9.17) is 0 Å². The highest BCUT2D eigenvalue weighted by atomic mass is 32.2. The second kappa shape index (κ2) is 5.04. The van der Waals surface area contributed by atoms with Crippen LogP contribution in [-0.4, -0.2) is 38.0 Å². The third-order valence-corrected chi connectivity index (χ3v) is 2.32. The maximum Gasteiger partial charge on any atom is 0.208 e. The molecule has 0 aliphatic rings. The Hall–Kier alpha value is -1.21. The van der Waals surface area contributed by atoms with Gasteiger partial charge in [-0.3, -0.25) is 0 Å². The van der Waals surface area contributed by atoms with Crippen LogP contribution in [0, 0.1) is 6.92 Å². The molecule has 0 radical (unpaired) electrons. The number of anilines is 1. The molecule has 0 aromatic carbocycles. The highest BCUT2D eigenvalue weighted by Crippen LogP contribution is 1.99.